The van der Waals surface area contributed by atoms with Crippen LogP contribution in [0.25, 0.3) is 0 Å². The highest BCUT2D eigenvalue weighted by molar-refractivity contribution is 6.09. The van der Waals surface area contributed by atoms with Gasteiger partial charge in [-0.05, 0) is 18.6 Å². The summed E-state index contributed by atoms with van der Waals surface area (Å²) in [6.07, 6.45) is 2.99. The Kier molecular flexibility index (Phi) is 7.20. The van der Waals surface area contributed by atoms with Crippen molar-refractivity contribution in [1.82, 2.24) is 5.32 Å². The summed E-state index contributed by atoms with van der Waals surface area (Å²) in [5, 5.41) is 14.1. The van der Waals surface area contributed by atoms with Crippen molar-refractivity contribution in [2.45, 2.75) is 19.8 Å². The van der Waals surface area contributed by atoms with E-state index in [0.29, 0.717) is 12.3 Å². The number of carbonyl (C=O) groups excluding carboxylic acids is 2. The van der Waals surface area contributed by atoms with Crippen LogP contribution in [0.4, 0.5) is 5.69 Å². The molecule has 0 atom stereocenters. The SMILES string of the molecule is CCCCOC(=O)c1ccccc1NC(=O)/C(C#N)=C\NC. The van der Waals surface area contributed by atoms with Crippen LogP contribution >= 0.6 is 0 Å². The minimum Gasteiger partial charge on any atom is -0.462 e. The fraction of sp³-hybridized carbons (Fsp3) is 0.312. The van der Waals surface area contributed by atoms with Gasteiger partial charge in [-0.2, -0.15) is 5.26 Å². The number of benzene rings is 1. The summed E-state index contributed by atoms with van der Waals surface area (Å²) in [7, 11) is 1.59. The first-order chi connectivity index (χ1) is 10.6. The number of hydrogen-bond donors (Lipinski definition) is 2. The zero-order valence-electron chi connectivity index (χ0n) is 12.7. The Hall–Kier alpha value is -2.81. The molecule has 0 fully saturated rings. The molecule has 116 valence electrons. The number of hydrogen-bond acceptors (Lipinski definition) is 5. The molecule has 1 aromatic rings. The van der Waals surface area contributed by atoms with Crippen LogP contribution in [-0.4, -0.2) is 25.5 Å². The van der Waals surface area contributed by atoms with E-state index < -0.39 is 11.9 Å². The van der Waals surface area contributed by atoms with Crippen molar-refractivity contribution < 1.29 is 14.3 Å². The predicted molar refractivity (Wildman–Crippen MR) is 83.0 cm³/mol. The van der Waals surface area contributed by atoms with Crippen LogP contribution in [0.2, 0.25) is 0 Å². The van der Waals surface area contributed by atoms with Gasteiger partial charge in [0.05, 0.1) is 17.9 Å². The third kappa shape index (κ3) is 4.94. The molecule has 0 aliphatic rings. The molecule has 2 N–H and O–H groups in total. The molecule has 0 aliphatic heterocycles. The Balaban J connectivity index is 2.88. The van der Waals surface area contributed by atoms with Gasteiger partial charge < -0.3 is 15.4 Å². The molecule has 0 saturated heterocycles. The number of carbonyl (C=O) groups is 2. The van der Waals surface area contributed by atoms with E-state index >= 15 is 0 Å². The van der Waals surface area contributed by atoms with Crippen LogP contribution in [0.3, 0.4) is 0 Å². The average Bonchev–Trinajstić information content (AvgIpc) is 2.53. The molecule has 1 aromatic carbocycles. The quantitative estimate of drug-likeness (QED) is 0.349. The maximum absolute atomic E-state index is 12.0. The normalized spacial score (nSPS) is 10.5. The molecule has 1 amide bonds. The number of para-hydroxylation sites is 1. The molecule has 0 aromatic heterocycles. The summed E-state index contributed by atoms with van der Waals surface area (Å²) in [6, 6.07) is 8.31. The monoisotopic (exact) mass is 301 g/mol. The van der Waals surface area contributed by atoms with Crippen molar-refractivity contribution in [2.24, 2.45) is 0 Å². The molecule has 0 unspecified atom stereocenters. The van der Waals surface area contributed by atoms with Crippen molar-refractivity contribution in [3.63, 3.8) is 0 Å². The van der Waals surface area contributed by atoms with Gasteiger partial charge in [0.1, 0.15) is 11.6 Å². The predicted octanol–water partition coefficient (Wildman–Crippen LogP) is 2.21. The van der Waals surface area contributed by atoms with E-state index in [1.54, 1.807) is 37.4 Å². The van der Waals surface area contributed by atoms with E-state index in [1.807, 2.05) is 6.92 Å². The summed E-state index contributed by atoms with van der Waals surface area (Å²) in [4.78, 5) is 24.0. The van der Waals surface area contributed by atoms with Gasteiger partial charge in [0.15, 0.2) is 0 Å². The van der Waals surface area contributed by atoms with Crippen molar-refractivity contribution >= 4 is 17.6 Å². The zero-order chi connectivity index (χ0) is 16.4. The number of amides is 1. The molecule has 0 saturated carbocycles. The van der Waals surface area contributed by atoms with Crippen LogP contribution in [0.5, 0.6) is 0 Å². The van der Waals surface area contributed by atoms with Crippen LogP contribution in [0.1, 0.15) is 30.1 Å². The molecule has 0 heterocycles. The lowest BCUT2D eigenvalue weighted by molar-refractivity contribution is -0.112. The van der Waals surface area contributed by atoms with E-state index in [4.69, 9.17) is 10.00 Å². The van der Waals surface area contributed by atoms with Gasteiger partial charge in [0.2, 0.25) is 0 Å². The first-order valence-corrected chi connectivity index (χ1v) is 6.99. The van der Waals surface area contributed by atoms with E-state index in [9.17, 15) is 9.59 Å². The molecule has 0 aliphatic carbocycles. The average molecular weight is 301 g/mol. The molecule has 0 spiro atoms. The van der Waals surface area contributed by atoms with Crippen LogP contribution in [0.15, 0.2) is 36.0 Å². The standard InChI is InChI=1S/C16H19N3O3/c1-3-4-9-22-16(21)13-7-5-6-8-14(13)19-15(20)12(10-17)11-18-2/h5-8,11,18H,3-4,9H2,1-2H3,(H,19,20)/b12-11-. The Morgan fingerprint density at radius 2 is 2.09 bits per heavy atom. The highest BCUT2D eigenvalue weighted by Gasteiger charge is 2.16. The number of nitrogens with zero attached hydrogens (tertiary/aromatic N) is 1. The number of anilines is 1. The van der Waals surface area contributed by atoms with E-state index in [0.717, 1.165) is 12.8 Å². The van der Waals surface area contributed by atoms with E-state index in [-0.39, 0.29) is 11.1 Å². The molecule has 6 nitrogen and oxygen atoms in total. The Morgan fingerprint density at radius 3 is 2.73 bits per heavy atom. The third-order valence-electron chi connectivity index (χ3n) is 2.78. The summed E-state index contributed by atoms with van der Waals surface area (Å²) >= 11 is 0. The summed E-state index contributed by atoms with van der Waals surface area (Å²) < 4.78 is 5.14. The van der Waals surface area contributed by atoms with Crippen LogP contribution in [-0.2, 0) is 9.53 Å². The van der Waals surface area contributed by atoms with E-state index in [2.05, 4.69) is 10.6 Å². The Bertz CT molecular complexity index is 603. The molecule has 0 bridgehead atoms. The Morgan fingerprint density at radius 1 is 1.36 bits per heavy atom. The molecule has 1 rings (SSSR count). The second-order valence-corrected chi connectivity index (χ2v) is 4.45. The van der Waals surface area contributed by atoms with Gasteiger partial charge in [-0.1, -0.05) is 25.5 Å². The van der Waals surface area contributed by atoms with Crippen molar-refractivity contribution in [3.8, 4) is 6.07 Å². The maximum atomic E-state index is 12.0. The number of esters is 1. The molecule has 0 radical (unpaired) electrons. The highest BCUT2D eigenvalue weighted by Crippen LogP contribution is 2.17. The lowest BCUT2D eigenvalue weighted by atomic mass is 10.1. The van der Waals surface area contributed by atoms with Crippen molar-refractivity contribution in [2.75, 3.05) is 19.0 Å². The number of ether oxygens (including phenoxy) is 1. The van der Waals surface area contributed by atoms with Gasteiger partial charge in [0.25, 0.3) is 5.91 Å². The van der Waals surface area contributed by atoms with Gasteiger partial charge in [0, 0.05) is 13.2 Å². The second-order valence-electron chi connectivity index (χ2n) is 4.45. The summed E-state index contributed by atoms with van der Waals surface area (Å²) in [5.74, 6) is -1.09. The summed E-state index contributed by atoms with van der Waals surface area (Å²) in [6.45, 7) is 2.33. The first kappa shape index (κ1) is 17.2. The number of nitriles is 1. The highest BCUT2D eigenvalue weighted by atomic mass is 16.5. The number of nitrogens with one attached hydrogen (secondary N) is 2. The molecular formula is C16H19N3O3. The van der Waals surface area contributed by atoms with Crippen LogP contribution in [0, 0.1) is 11.3 Å². The van der Waals surface area contributed by atoms with Gasteiger partial charge in [-0.15, -0.1) is 0 Å². The van der Waals surface area contributed by atoms with Crippen molar-refractivity contribution in [1.29, 1.82) is 5.26 Å². The topological polar surface area (TPSA) is 91.2 Å². The minimum absolute atomic E-state index is 0.0864. The van der Waals surface area contributed by atoms with E-state index in [1.165, 1.54) is 6.20 Å². The van der Waals surface area contributed by atoms with Crippen molar-refractivity contribution in [3.05, 3.63) is 41.6 Å². The van der Waals surface area contributed by atoms with Crippen LogP contribution < -0.4 is 10.6 Å². The fourth-order valence-corrected chi connectivity index (χ4v) is 1.64. The smallest absolute Gasteiger partial charge is 0.340 e. The molecule has 6 heteroatoms. The second kappa shape index (κ2) is 9.19. The molecule has 22 heavy (non-hydrogen) atoms. The third-order valence-corrected chi connectivity index (χ3v) is 2.78. The fourth-order valence-electron chi connectivity index (χ4n) is 1.64. The Labute approximate surface area is 129 Å². The summed E-state index contributed by atoms with van der Waals surface area (Å²) in [5.41, 5.74) is 0.483. The van der Waals surface area contributed by atoms with Gasteiger partial charge in [-0.3, -0.25) is 4.79 Å². The molecular weight excluding hydrogens is 282 g/mol. The lowest BCUT2D eigenvalue weighted by Gasteiger charge is -2.10. The maximum Gasteiger partial charge on any atom is 0.340 e. The van der Waals surface area contributed by atoms with Gasteiger partial charge >= 0.3 is 5.97 Å². The first-order valence-electron chi connectivity index (χ1n) is 6.99. The number of rotatable bonds is 7. The largest absolute Gasteiger partial charge is 0.462 e. The number of unbranched alkanes of at least 4 members (excludes halogenated alkanes) is 1. The van der Waals surface area contributed by atoms with Gasteiger partial charge in [-0.25, -0.2) is 4.79 Å². The minimum atomic E-state index is -0.592. The zero-order valence-corrected chi connectivity index (χ0v) is 12.7. The lowest BCUT2D eigenvalue weighted by Crippen LogP contribution is -2.18.